The predicted octanol–water partition coefficient (Wildman–Crippen LogP) is 4.22. The summed E-state index contributed by atoms with van der Waals surface area (Å²) in [6.45, 7) is 2.09. The van der Waals surface area contributed by atoms with E-state index in [0.29, 0.717) is 6.42 Å². The van der Waals surface area contributed by atoms with Gasteiger partial charge in [-0.15, -0.1) is 0 Å². The first-order chi connectivity index (χ1) is 14.9. The van der Waals surface area contributed by atoms with E-state index in [2.05, 4.69) is 0 Å². The molecule has 31 heavy (non-hydrogen) atoms. The summed E-state index contributed by atoms with van der Waals surface area (Å²) in [6, 6.07) is 25.7. The highest BCUT2D eigenvalue weighted by molar-refractivity contribution is 7.89. The Morgan fingerprint density at radius 3 is 1.97 bits per heavy atom. The molecule has 0 radical (unpaired) electrons. The molecule has 0 saturated heterocycles. The molecule has 0 aliphatic heterocycles. The van der Waals surface area contributed by atoms with Gasteiger partial charge in [-0.05, 0) is 36.6 Å². The lowest BCUT2D eigenvalue weighted by Crippen LogP contribution is -2.38. The molecule has 3 rings (SSSR count). The van der Waals surface area contributed by atoms with E-state index >= 15 is 0 Å². The van der Waals surface area contributed by atoms with Crippen LogP contribution in [0.4, 0.5) is 0 Å². The van der Waals surface area contributed by atoms with Gasteiger partial charge in [-0.3, -0.25) is 4.79 Å². The molecule has 0 heterocycles. The maximum absolute atomic E-state index is 13.5. The quantitative estimate of drug-likeness (QED) is 0.470. The van der Waals surface area contributed by atoms with Crippen molar-refractivity contribution in [3.05, 3.63) is 102 Å². The molecule has 162 valence electrons. The van der Waals surface area contributed by atoms with Crippen molar-refractivity contribution in [2.45, 2.75) is 24.8 Å². The predicted molar refractivity (Wildman–Crippen MR) is 121 cm³/mol. The van der Waals surface area contributed by atoms with E-state index < -0.39 is 21.9 Å². The summed E-state index contributed by atoms with van der Waals surface area (Å²) in [5, 5.41) is 0. The Balaban J connectivity index is 1.95. The SMILES string of the molecule is COC(=O)C(Cc1ccccc1)CN(Cc1ccccc1)S(=O)(=O)c1ccc(C)cc1. The van der Waals surface area contributed by atoms with E-state index in [0.717, 1.165) is 16.7 Å². The number of nitrogens with zero attached hydrogens (tertiary/aromatic N) is 1. The molecule has 0 fully saturated rings. The van der Waals surface area contributed by atoms with E-state index in [1.165, 1.54) is 11.4 Å². The van der Waals surface area contributed by atoms with Gasteiger partial charge in [0.15, 0.2) is 0 Å². The normalized spacial score (nSPS) is 12.5. The van der Waals surface area contributed by atoms with Crippen LogP contribution < -0.4 is 0 Å². The van der Waals surface area contributed by atoms with Crippen molar-refractivity contribution in [2.75, 3.05) is 13.7 Å². The van der Waals surface area contributed by atoms with E-state index in [1.54, 1.807) is 24.3 Å². The summed E-state index contributed by atoms with van der Waals surface area (Å²) in [5.74, 6) is -1.06. The van der Waals surface area contributed by atoms with Crippen LogP contribution in [-0.2, 0) is 32.5 Å². The molecule has 5 nitrogen and oxygen atoms in total. The number of carbonyl (C=O) groups is 1. The van der Waals surface area contributed by atoms with Crippen LogP contribution in [0.3, 0.4) is 0 Å². The third-order valence-electron chi connectivity index (χ3n) is 5.14. The Hall–Kier alpha value is -2.96. The summed E-state index contributed by atoms with van der Waals surface area (Å²) < 4.78 is 33.4. The van der Waals surface area contributed by atoms with Gasteiger partial charge >= 0.3 is 5.97 Å². The van der Waals surface area contributed by atoms with Crippen LogP contribution in [-0.4, -0.2) is 32.3 Å². The van der Waals surface area contributed by atoms with Crippen molar-refractivity contribution in [1.82, 2.24) is 4.31 Å². The monoisotopic (exact) mass is 437 g/mol. The second-order valence-electron chi connectivity index (χ2n) is 7.51. The minimum atomic E-state index is -3.82. The fourth-order valence-corrected chi connectivity index (χ4v) is 4.90. The van der Waals surface area contributed by atoms with Crippen LogP contribution in [0.1, 0.15) is 16.7 Å². The average molecular weight is 438 g/mol. The lowest BCUT2D eigenvalue weighted by atomic mass is 9.99. The summed E-state index contributed by atoms with van der Waals surface area (Å²) in [5.41, 5.74) is 2.77. The van der Waals surface area contributed by atoms with E-state index in [4.69, 9.17) is 4.74 Å². The Bertz CT molecular complexity index is 1080. The molecule has 0 aliphatic carbocycles. The summed E-state index contributed by atoms with van der Waals surface area (Å²) in [6.07, 6.45) is 0.391. The number of hydrogen-bond acceptors (Lipinski definition) is 4. The van der Waals surface area contributed by atoms with E-state index in [-0.39, 0.29) is 18.0 Å². The standard InChI is InChI=1S/C25H27NO4S/c1-20-13-15-24(16-14-20)31(28,29)26(18-22-11-7-4-8-12-22)19-23(25(27)30-2)17-21-9-5-3-6-10-21/h3-16,23H,17-19H2,1-2H3. The zero-order valence-corrected chi connectivity index (χ0v) is 18.6. The summed E-state index contributed by atoms with van der Waals surface area (Å²) in [4.78, 5) is 12.8. The highest BCUT2D eigenvalue weighted by atomic mass is 32.2. The number of sulfonamides is 1. The topological polar surface area (TPSA) is 63.7 Å². The smallest absolute Gasteiger partial charge is 0.310 e. The number of aryl methyl sites for hydroxylation is 1. The van der Waals surface area contributed by atoms with Crippen LogP contribution >= 0.6 is 0 Å². The lowest BCUT2D eigenvalue weighted by Gasteiger charge is -2.26. The molecule has 0 aliphatic rings. The fraction of sp³-hybridized carbons (Fsp3) is 0.240. The number of methoxy groups -OCH3 is 1. The fourth-order valence-electron chi connectivity index (χ4n) is 3.43. The Labute approximate surface area is 184 Å². The number of benzene rings is 3. The Kier molecular flexibility index (Phi) is 7.60. The number of ether oxygens (including phenoxy) is 1. The zero-order valence-electron chi connectivity index (χ0n) is 17.8. The molecule has 0 N–H and O–H groups in total. The van der Waals surface area contributed by atoms with Crippen molar-refractivity contribution in [3.63, 3.8) is 0 Å². The summed E-state index contributed by atoms with van der Waals surface area (Å²) in [7, 11) is -2.49. The Morgan fingerprint density at radius 2 is 1.42 bits per heavy atom. The molecule has 0 saturated carbocycles. The minimum Gasteiger partial charge on any atom is -0.469 e. The number of carbonyl (C=O) groups excluding carboxylic acids is 1. The van der Waals surface area contributed by atoms with Gasteiger partial charge in [-0.2, -0.15) is 4.31 Å². The highest BCUT2D eigenvalue weighted by Crippen LogP contribution is 2.22. The van der Waals surface area contributed by atoms with Crippen LogP contribution in [0.15, 0.2) is 89.8 Å². The molecule has 3 aromatic carbocycles. The maximum atomic E-state index is 13.5. The first-order valence-electron chi connectivity index (χ1n) is 10.1. The van der Waals surface area contributed by atoms with Crippen molar-refractivity contribution in [3.8, 4) is 0 Å². The minimum absolute atomic E-state index is 0.0205. The molecule has 0 spiro atoms. The third-order valence-corrected chi connectivity index (χ3v) is 6.97. The zero-order chi connectivity index (χ0) is 22.3. The Morgan fingerprint density at radius 1 is 0.871 bits per heavy atom. The van der Waals surface area contributed by atoms with Gasteiger partial charge in [0.05, 0.1) is 17.9 Å². The molecule has 6 heteroatoms. The van der Waals surface area contributed by atoms with Gasteiger partial charge in [0.25, 0.3) is 0 Å². The van der Waals surface area contributed by atoms with Crippen molar-refractivity contribution < 1.29 is 17.9 Å². The van der Waals surface area contributed by atoms with Crippen molar-refractivity contribution in [2.24, 2.45) is 5.92 Å². The molecule has 0 aromatic heterocycles. The van der Waals surface area contributed by atoms with Gasteiger partial charge in [0.1, 0.15) is 0 Å². The van der Waals surface area contributed by atoms with Gasteiger partial charge in [0, 0.05) is 13.1 Å². The second kappa shape index (κ2) is 10.4. The molecule has 0 amide bonds. The second-order valence-corrected chi connectivity index (χ2v) is 9.44. The first-order valence-corrected chi connectivity index (χ1v) is 11.6. The van der Waals surface area contributed by atoms with Crippen LogP contribution in [0.25, 0.3) is 0 Å². The lowest BCUT2D eigenvalue weighted by molar-refractivity contribution is -0.145. The molecule has 3 aromatic rings. The average Bonchev–Trinajstić information content (AvgIpc) is 2.79. The third kappa shape index (κ3) is 6.03. The molecule has 0 bridgehead atoms. The van der Waals surface area contributed by atoms with Gasteiger partial charge in [-0.25, -0.2) is 8.42 Å². The summed E-state index contributed by atoms with van der Waals surface area (Å²) >= 11 is 0. The number of hydrogen-bond donors (Lipinski definition) is 0. The van der Waals surface area contributed by atoms with E-state index in [1.807, 2.05) is 67.6 Å². The van der Waals surface area contributed by atoms with Crippen LogP contribution in [0.5, 0.6) is 0 Å². The number of esters is 1. The first kappa shape index (κ1) is 22.7. The molecular weight excluding hydrogens is 410 g/mol. The van der Waals surface area contributed by atoms with E-state index in [9.17, 15) is 13.2 Å². The van der Waals surface area contributed by atoms with Gasteiger partial charge in [-0.1, -0.05) is 78.4 Å². The largest absolute Gasteiger partial charge is 0.469 e. The van der Waals surface area contributed by atoms with Crippen molar-refractivity contribution >= 4 is 16.0 Å². The van der Waals surface area contributed by atoms with Crippen LogP contribution in [0, 0.1) is 12.8 Å². The van der Waals surface area contributed by atoms with Crippen LogP contribution in [0.2, 0.25) is 0 Å². The van der Waals surface area contributed by atoms with Gasteiger partial charge < -0.3 is 4.74 Å². The maximum Gasteiger partial charge on any atom is 0.310 e. The van der Waals surface area contributed by atoms with Gasteiger partial charge in [0.2, 0.25) is 10.0 Å². The molecule has 1 unspecified atom stereocenters. The highest BCUT2D eigenvalue weighted by Gasteiger charge is 2.31. The molecular formula is C25H27NO4S. The number of rotatable bonds is 9. The van der Waals surface area contributed by atoms with Crippen molar-refractivity contribution in [1.29, 1.82) is 0 Å². The molecule has 1 atom stereocenters.